The van der Waals surface area contributed by atoms with E-state index >= 15 is 0 Å². The molecule has 2 aromatic carbocycles. The van der Waals surface area contributed by atoms with E-state index in [9.17, 15) is 5.11 Å². The van der Waals surface area contributed by atoms with Gasteiger partial charge in [-0.15, -0.1) is 0 Å². The Kier molecular flexibility index (Phi) is 4.19. The molecule has 2 atom stereocenters. The summed E-state index contributed by atoms with van der Waals surface area (Å²) >= 11 is 0. The lowest BCUT2D eigenvalue weighted by Gasteiger charge is -2.19. The maximum absolute atomic E-state index is 10.3. The van der Waals surface area contributed by atoms with Crippen molar-refractivity contribution in [2.45, 2.75) is 39.0 Å². The van der Waals surface area contributed by atoms with Crippen LogP contribution in [0.1, 0.15) is 33.9 Å². The predicted octanol–water partition coefficient (Wildman–Crippen LogP) is 3.06. The van der Waals surface area contributed by atoms with Crippen LogP contribution in [-0.2, 0) is 13.0 Å². The number of hydrogen-bond donors (Lipinski definition) is 2. The summed E-state index contributed by atoms with van der Waals surface area (Å²) in [5, 5.41) is 13.8. The summed E-state index contributed by atoms with van der Waals surface area (Å²) in [5.41, 5.74) is 5.97. The SMILES string of the molecule is COc1c(C)cc(CN[C@@H]2c3ccccc3C[C@@H]2O)cc1C. The van der Waals surface area contributed by atoms with Crippen molar-refractivity contribution in [3.63, 3.8) is 0 Å². The van der Waals surface area contributed by atoms with Crippen LogP contribution in [0.2, 0.25) is 0 Å². The van der Waals surface area contributed by atoms with Crippen LogP contribution in [0.3, 0.4) is 0 Å². The van der Waals surface area contributed by atoms with Crippen LogP contribution in [0, 0.1) is 13.8 Å². The molecule has 0 amide bonds. The summed E-state index contributed by atoms with van der Waals surface area (Å²) in [7, 11) is 1.71. The molecular weight excluding hydrogens is 274 g/mol. The third kappa shape index (κ3) is 2.74. The number of benzene rings is 2. The van der Waals surface area contributed by atoms with Gasteiger partial charge in [-0.05, 0) is 41.7 Å². The first-order chi connectivity index (χ1) is 10.6. The Bertz CT molecular complexity index is 658. The largest absolute Gasteiger partial charge is 0.496 e. The Labute approximate surface area is 131 Å². The van der Waals surface area contributed by atoms with Gasteiger partial charge < -0.3 is 15.2 Å². The van der Waals surface area contributed by atoms with Gasteiger partial charge in [-0.3, -0.25) is 0 Å². The number of methoxy groups -OCH3 is 1. The average molecular weight is 297 g/mol. The van der Waals surface area contributed by atoms with Gasteiger partial charge in [-0.2, -0.15) is 0 Å². The van der Waals surface area contributed by atoms with Crippen LogP contribution in [0.5, 0.6) is 5.75 Å². The van der Waals surface area contributed by atoms with E-state index in [1.165, 1.54) is 16.7 Å². The van der Waals surface area contributed by atoms with Gasteiger partial charge in [-0.1, -0.05) is 36.4 Å². The number of aliphatic hydroxyl groups excluding tert-OH is 1. The van der Waals surface area contributed by atoms with Crippen molar-refractivity contribution < 1.29 is 9.84 Å². The van der Waals surface area contributed by atoms with Crippen molar-refractivity contribution >= 4 is 0 Å². The van der Waals surface area contributed by atoms with Crippen LogP contribution in [-0.4, -0.2) is 18.3 Å². The molecule has 0 aromatic heterocycles. The van der Waals surface area contributed by atoms with E-state index in [0.29, 0.717) is 0 Å². The fourth-order valence-electron chi connectivity index (χ4n) is 3.51. The van der Waals surface area contributed by atoms with Crippen LogP contribution in [0.25, 0.3) is 0 Å². The van der Waals surface area contributed by atoms with Crippen molar-refractivity contribution in [1.82, 2.24) is 5.32 Å². The Hall–Kier alpha value is -1.84. The molecule has 0 unspecified atom stereocenters. The van der Waals surface area contributed by atoms with Gasteiger partial charge in [0.05, 0.1) is 19.3 Å². The average Bonchev–Trinajstić information content (AvgIpc) is 2.80. The first kappa shape index (κ1) is 15.1. The number of aryl methyl sites for hydroxylation is 2. The summed E-state index contributed by atoms with van der Waals surface area (Å²) < 4.78 is 5.41. The zero-order chi connectivity index (χ0) is 15.7. The highest BCUT2D eigenvalue weighted by Crippen LogP contribution is 2.32. The van der Waals surface area contributed by atoms with Crippen LogP contribution in [0.4, 0.5) is 0 Å². The van der Waals surface area contributed by atoms with E-state index in [0.717, 1.165) is 29.8 Å². The molecule has 3 rings (SSSR count). The molecule has 0 heterocycles. The summed E-state index contributed by atoms with van der Waals surface area (Å²) in [5.74, 6) is 0.954. The molecule has 0 aliphatic heterocycles. The lowest BCUT2D eigenvalue weighted by atomic mass is 10.0. The van der Waals surface area contributed by atoms with Gasteiger partial charge in [0, 0.05) is 13.0 Å². The maximum atomic E-state index is 10.3. The highest BCUT2D eigenvalue weighted by molar-refractivity contribution is 5.43. The van der Waals surface area contributed by atoms with Crippen molar-refractivity contribution in [3.8, 4) is 5.75 Å². The van der Waals surface area contributed by atoms with Crippen molar-refractivity contribution in [2.24, 2.45) is 0 Å². The molecule has 0 saturated heterocycles. The van der Waals surface area contributed by atoms with Crippen molar-refractivity contribution in [2.75, 3.05) is 7.11 Å². The highest BCUT2D eigenvalue weighted by atomic mass is 16.5. The molecule has 0 bridgehead atoms. The molecule has 3 nitrogen and oxygen atoms in total. The molecule has 2 aromatic rings. The van der Waals surface area contributed by atoms with Crippen LogP contribution in [0.15, 0.2) is 36.4 Å². The number of rotatable bonds is 4. The molecule has 0 radical (unpaired) electrons. The molecule has 1 aliphatic rings. The van der Waals surface area contributed by atoms with Crippen molar-refractivity contribution in [1.29, 1.82) is 0 Å². The molecule has 0 spiro atoms. The molecule has 0 fully saturated rings. The summed E-state index contributed by atoms with van der Waals surface area (Å²) in [6.45, 7) is 4.87. The first-order valence-electron chi connectivity index (χ1n) is 7.73. The lowest BCUT2D eigenvalue weighted by molar-refractivity contribution is 0.140. The van der Waals surface area contributed by atoms with Crippen LogP contribution >= 0.6 is 0 Å². The fraction of sp³-hybridized carbons (Fsp3) is 0.368. The van der Waals surface area contributed by atoms with Crippen molar-refractivity contribution in [3.05, 3.63) is 64.2 Å². The standard InChI is InChI=1S/C19H23NO2/c1-12-8-14(9-13(2)19(12)22-3)11-20-18-16-7-5-4-6-15(16)10-17(18)21/h4-9,17-18,20-21H,10-11H2,1-3H3/t17-,18+/m0/s1. The van der Waals surface area contributed by atoms with Crippen LogP contribution < -0.4 is 10.1 Å². The molecule has 0 saturated carbocycles. The Morgan fingerprint density at radius 3 is 2.55 bits per heavy atom. The number of fused-ring (bicyclic) bond motifs is 1. The number of aliphatic hydroxyl groups is 1. The second-order valence-corrected chi connectivity index (χ2v) is 6.09. The van der Waals surface area contributed by atoms with Gasteiger partial charge in [0.1, 0.15) is 5.75 Å². The quantitative estimate of drug-likeness (QED) is 0.911. The van der Waals surface area contributed by atoms with Gasteiger partial charge >= 0.3 is 0 Å². The minimum Gasteiger partial charge on any atom is -0.496 e. The predicted molar refractivity (Wildman–Crippen MR) is 88.2 cm³/mol. The topological polar surface area (TPSA) is 41.5 Å². The Balaban J connectivity index is 1.76. The normalized spacial score (nSPS) is 20.0. The van der Waals surface area contributed by atoms with Gasteiger partial charge in [0.25, 0.3) is 0 Å². The second kappa shape index (κ2) is 6.11. The Morgan fingerprint density at radius 1 is 1.18 bits per heavy atom. The molecule has 3 heteroatoms. The van der Waals surface area contributed by atoms with E-state index < -0.39 is 0 Å². The van der Waals surface area contributed by atoms with Gasteiger partial charge in [0.15, 0.2) is 0 Å². The third-order valence-corrected chi connectivity index (χ3v) is 4.45. The van der Waals surface area contributed by atoms with E-state index in [1.807, 2.05) is 12.1 Å². The van der Waals surface area contributed by atoms with Gasteiger partial charge in [0.2, 0.25) is 0 Å². The lowest BCUT2D eigenvalue weighted by Crippen LogP contribution is -2.28. The minimum atomic E-state index is -0.349. The van der Waals surface area contributed by atoms with E-state index in [4.69, 9.17) is 4.74 Å². The maximum Gasteiger partial charge on any atom is 0.124 e. The molecular formula is C19H23NO2. The summed E-state index contributed by atoms with van der Waals surface area (Å²) in [4.78, 5) is 0. The van der Waals surface area contributed by atoms with Gasteiger partial charge in [-0.25, -0.2) is 0 Å². The molecule has 1 aliphatic carbocycles. The number of ether oxygens (including phenoxy) is 1. The number of hydrogen-bond acceptors (Lipinski definition) is 3. The van der Waals surface area contributed by atoms with E-state index in [1.54, 1.807) is 7.11 Å². The highest BCUT2D eigenvalue weighted by Gasteiger charge is 2.30. The minimum absolute atomic E-state index is 0.0129. The van der Waals surface area contributed by atoms with E-state index in [-0.39, 0.29) is 12.1 Å². The molecule has 22 heavy (non-hydrogen) atoms. The number of nitrogens with one attached hydrogen (secondary N) is 1. The molecule has 116 valence electrons. The zero-order valence-corrected chi connectivity index (χ0v) is 13.4. The zero-order valence-electron chi connectivity index (χ0n) is 13.4. The van der Waals surface area contributed by atoms with E-state index in [2.05, 4.69) is 43.4 Å². The summed E-state index contributed by atoms with van der Waals surface area (Å²) in [6.07, 6.45) is 0.381. The summed E-state index contributed by atoms with van der Waals surface area (Å²) in [6, 6.07) is 12.6. The monoisotopic (exact) mass is 297 g/mol. The Morgan fingerprint density at radius 2 is 1.86 bits per heavy atom. The second-order valence-electron chi connectivity index (χ2n) is 6.09. The third-order valence-electron chi connectivity index (χ3n) is 4.45. The smallest absolute Gasteiger partial charge is 0.124 e. The first-order valence-corrected chi connectivity index (χ1v) is 7.73. The fourth-order valence-corrected chi connectivity index (χ4v) is 3.51. The molecule has 2 N–H and O–H groups in total.